The first-order chi connectivity index (χ1) is 11.0. The molecule has 1 aromatic heterocycles. The Bertz CT molecular complexity index is 533. The summed E-state index contributed by atoms with van der Waals surface area (Å²) >= 11 is 0. The van der Waals surface area contributed by atoms with E-state index in [1.807, 2.05) is 18.8 Å². The lowest BCUT2D eigenvalue weighted by atomic mass is 10.1. The molecule has 2 N–H and O–H groups in total. The molecule has 24 heavy (non-hydrogen) atoms. The molecule has 6 nitrogen and oxygen atoms in total. The third kappa shape index (κ3) is 5.91. The zero-order valence-electron chi connectivity index (χ0n) is 15.7. The molecule has 0 saturated carbocycles. The van der Waals surface area contributed by atoms with Gasteiger partial charge in [-0.25, -0.2) is 0 Å². The summed E-state index contributed by atoms with van der Waals surface area (Å²) in [4.78, 5) is 6.89. The lowest BCUT2D eigenvalue weighted by Crippen LogP contribution is -2.41. The van der Waals surface area contributed by atoms with Gasteiger partial charge in [-0.3, -0.25) is 9.67 Å². The van der Waals surface area contributed by atoms with Gasteiger partial charge in [-0.2, -0.15) is 5.10 Å². The Morgan fingerprint density at radius 3 is 2.46 bits per heavy atom. The summed E-state index contributed by atoms with van der Waals surface area (Å²) in [6, 6.07) is 0. The summed E-state index contributed by atoms with van der Waals surface area (Å²) in [6.45, 7) is 11.9. The van der Waals surface area contributed by atoms with Gasteiger partial charge in [0.15, 0.2) is 5.96 Å². The predicted molar refractivity (Wildman–Crippen MR) is 111 cm³/mol. The van der Waals surface area contributed by atoms with Gasteiger partial charge in [0, 0.05) is 45.0 Å². The average molecular weight is 448 g/mol. The van der Waals surface area contributed by atoms with Gasteiger partial charge < -0.3 is 15.5 Å². The zero-order chi connectivity index (χ0) is 16.8. The van der Waals surface area contributed by atoms with Crippen molar-refractivity contribution in [1.82, 2.24) is 25.3 Å². The van der Waals surface area contributed by atoms with Gasteiger partial charge in [0.2, 0.25) is 0 Å². The quantitative estimate of drug-likeness (QED) is 0.398. The smallest absolute Gasteiger partial charge is 0.191 e. The normalized spacial score (nSPS) is 16.8. The van der Waals surface area contributed by atoms with Crippen LogP contribution in [0.4, 0.5) is 0 Å². The number of hydrogen-bond acceptors (Lipinski definition) is 3. The summed E-state index contributed by atoms with van der Waals surface area (Å²) in [5, 5.41) is 11.3. The Hall–Kier alpha value is -0.830. The summed E-state index contributed by atoms with van der Waals surface area (Å²) in [7, 11) is 3.81. The van der Waals surface area contributed by atoms with Gasteiger partial charge in [-0.15, -0.1) is 24.0 Å². The van der Waals surface area contributed by atoms with Crippen molar-refractivity contribution in [2.75, 3.05) is 33.2 Å². The first kappa shape index (κ1) is 21.2. The topological polar surface area (TPSA) is 57.5 Å². The SMILES string of the molecule is CN=C(NCc1c(C)nn(C)c1C)NCC(C)CN1CCCC1.I. The van der Waals surface area contributed by atoms with Crippen LogP contribution in [0.25, 0.3) is 0 Å². The molecule has 1 aliphatic rings. The minimum Gasteiger partial charge on any atom is -0.356 e. The number of nitrogens with one attached hydrogen (secondary N) is 2. The van der Waals surface area contributed by atoms with Gasteiger partial charge in [0.05, 0.1) is 5.69 Å². The van der Waals surface area contributed by atoms with E-state index in [1.165, 1.54) is 43.7 Å². The Kier molecular flexibility index (Phi) is 9.04. The molecule has 1 aliphatic heterocycles. The van der Waals surface area contributed by atoms with Crippen LogP contribution in [0.2, 0.25) is 0 Å². The molecule has 0 amide bonds. The monoisotopic (exact) mass is 448 g/mol. The molecule has 2 heterocycles. The molecule has 1 fully saturated rings. The van der Waals surface area contributed by atoms with Crippen LogP contribution in [0.1, 0.15) is 36.7 Å². The number of halogens is 1. The number of aryl methyl sites for hydroxylation is 2. The number of likely N-dealkylation sites (tertiary alicyclic amines) is 1. The van der Waals surface area contributed by atoms with Gasteiger partial charge in [0.25, 0.3) is 0 Å². The third-order valence-corrected chi connectivity index (χ3v) is 4.70. The molecule has 0 aromatic carbocycles. The second-order valence-electron chi connectivity index (χ2n) is 6.69. The van der Waals surface area contributed by atoms with Crippen LogP contribution >= 0.6 is 24.0 Å². The molecule has 0 aliphatic carbocycles. The molecule has 0 bridgehead atoms. The van der Waals surface area contributed by atoms with E-state index in [2.05, 4.69) is 46.4 Å². The van der Waals surface area contributed by atoms with Crippen LogP contribution < -0.4 is 10.6 Å². The second-order valence-corrected chi connectivity index (χ2v) is 6.69. The van der Waals surface area contributed by atoms with Crippen LogP contribution in [-0.2, 0) is 13.6 Å². The molecular weight excluding hydrogens is 415 g/mol. The van der Waals surface area contributed by atoms with Crippen LogP contribution in [-0.4, -0.2) is 53.9 Å². The molecule has 138 valence electrons. The van der Waals surface area contributed by atoms with E-state index in [0.717, 1.165) is 24.7 Å². The Morgan fingerprint density at radius 2 is 1.92 bits per heavy atom. The number of aromatic nitrogens is 2. The van der Waals surface area contributed by atoms with Crippen LogP contribution in [0, 0.1) is 19.8 Å². The van der Waals surface area contributed by atoms with Crippen LogP contribution in [0.3, 0.4) is 0 Å². The Labute approximate surface area is 163 Å². The number of hydrogen-bond donors (Lipinski definition) is 2. The van der Waals surface area contributed by atoms with E-state index in [0.29, 0.717) is 5.92 Å². The number of aliphatic imine (C=N–C) groups is 1. The number of nitrogens with zero attached hydrogens (tertiary/aromatic N) is 4. The highest BCUT2D eigenvalue weighted by atomic mass is 127. The van der Waals surface area contributed by atoms with Gasteiger partial charge in [0.1, 0.15) is 0 Å². The molecule has 0 radical (unpaired) electrons. The van der Waals surface area contributed by atoms with Crippen molar-refractivity contribution >= 4 is 29.9 Å². The number of guanidine groups is 1. The van der Waals surface area contributed by atoms with E-state index in [4.69, 9.17) is 0 Å². The third-order valence-electron chi connectivity index (χ3n) is 4.70. The fraction of sp³-hybridized carbons (Fsp3) is 0.765. The largest absolute Gasteiger partial charge is 0.356 e. The van der Waals surface area contributed by atoms with Crippen molar-refractivity contribution in [2.24, 2.45) is 18.0 Å². The first-order valence-corrected chi connectivity index (χ1v) is 8.67. The maximum Gasteiger partial charge on any atom is 0.191 e. The fourth-order valence-corrected chi connectivity index (χ4v) is 3.21. The molecule has 1 saturated heterocycles. The highest BCUT2D eigenvalue weighted by Gasteiger charge is 2.15. The molecule has 1 atom stereocenters. The van der Waals surface area contributed by atoms with Crippen molar-refractivity contribution in [3.63, 3.8) is 0 Å². The fourth-order valence-electron chi connectivity index (χ4n) is 3.21. The van der Waals surface area contributed by atoms with Crippen LogP contribution in [0.5, 0.6) is 0 Å². The number of rotatable bonds is 6. The van der Waals surface area contributed by atoms with Gasteiger partial charge >= 0.3 is 0 Å². The standard InChI is InChI=1S/C17H32N6.HI/c1-13(12-23-8-6-7-9-23)10-19-17(18-4)20-11-16-14(2)21-22(5)15(16)3;/h13H,6-12H2,1-5H3,(H2,18,19,20);1H. The maximum atomic E-state index is 4.46. The van der Waals surface area contributed by atoms with Crippen molar-refractivity contribution in [3.05, 3.63) is 17.0 Å². The highest BCUT2D eigenvalue weighted by molar-refractivity contribution is 14.0. The lowest BCUT2D eigenvalue weighted by Gasteiger charge is -2.21. The van der Waals surface area contributed by atoms with E-state index in [-0.39, 0.29) is 24.0 Å². The van der Waals surface area contributed by atoms with E-state index < -0.39 is 0 Å². The van der Waals surface area contributed by atoms with E-state index in [1.54, 1.807) is 0 Å². The molecule has 2 rings (SSSR count). The van der Waals surface area contributed by atoms with Gasteiger partial charge in [-0.1, -0.05) is 6.92 Å². The maximum absolute atomic E-state index is 4.46. The lowest BCUT2D eigenvalue weighted by molar-refractivity contribution is 0.287. The minimum absolute atomic E-state index is 0. The molecule has 1 aromatic rings. The highest BCUT2D eigenvalue weighted by Crippen LogP contribution is 2.11. The summed E-state index contributed by atoms with van der Waals surface area (Å²) < 4.78 is 1.93. The average Bonchev–Trinajstić information content (AvgIpc) is 3.10. The molecule has 7 heteroatoms. The second kappa shape index (κ2) is 10.2. The predicted octanol–water partition coefficient (Wildman–Crippen LogP) is 2.05. The summed E-state index contributed by atoms with van der Waals surface area (Å²) in [6.07, 6.45) is 2.71. The van der Waals surface area contributed by atoms with Crippen molar-refractivity contribution < 1.29 is 0 Å². The van der Waals surface area contributed by atoms with E-state index in [9.17, 15) is 0 Å². The molecule has 1 unspecified atom stereocenters. The zero-order valence-corrected chi connectivity index (χ0v) is 18.1. The molecule has 0 spiro atoms. The van der Waals surface area contributed by atoms with Crippen molar-refractivity contribution in [2.45, 2.75) is 40.2 Å². The minimum atomic E-state index is 0. The summed E-state index contributed by atoms with van der Waals surface area (Å²) in [5.41, 5.74) is 3.53. The first-order valence-electron chi connectivity index (χ1n) is 8.67. The van der Waals surface area contributed by atoms with Crippen LogP contribution in [0.15, 0.2) is 4.99 Å². The van der Waals surface area contributed by atoms with Crippen molar-refractivity contribution in [1.29, 1.82) is 0 Å². The van der Waals surface area contributed by atoms with Crippen molar-refractivity contribution in [3.8, 4) is 0 Å². The summed E-state index contributed by atoms with van der Waals surface area (Å²) in [5.74, 6) is 1.48. The Balaban J connectivity index is 0.00000288. The van der Waals surface area contributed by atoms with Gasteiger partial charge in [-0.05, 0) is 45.7 Å². The Morgan fingerprint density at radius 1 is 1.25 bits per heavy atom. The molecular formula is C17H33IN6. The van der Waals surface area contributed by atoms with E-state index >= 15 is 0 Å².